The summed E-state index contributed by atoms with van der Waals surface area (Å²) in [6.07, 6.45) is 2.00. The fourth-order valence-corrected chi connectivity index (χ4v) is 2.11. The molecule has 0 aliphatic heterocycles. The summed E-state index contributed by atoms with van der Waals surface area (Å²) in [7, 11) is 0. The Hall–Kier alpha value is -3.02. The van der Waals surface area contributed by atoms with Crippen LogP contribution in [0.2, 0.25) is 0 Å². The second-order valence-corrected chi connectivity index (χ2v) is 4.64. The minimum atomic E-state index is -3.02. The average molecular weight is 315 g/mol. The molecule has 23 heavy (non-hydrogen) atoms. The Morgan fingerprint density at radius 3 is 2.57 bits per heavy atom. The molecule has 6 heteroatoms. The first-order valence-corrected chi connectivity index (χ1v) is 6.73. The molecule has 0 N–H and O–H groups in total. The highest BCUT2D eigenvalue weighted by Gasteiger charge is 2.14. The number of aldehydes is 1. The van der Waals surface area contributed by atoms with E-state index in [1.165, 1.54) is 12.1 Å². The van der Waals surface area contributed by atoms with Gasteiger partial charge in [-0.25, -0.2) is 4.98 Å². The minimum absolute atomic E-state index is 0.0314. The zero-order valence-corrected chi connectivity index (χ0v) is 11.8. The third kappa shape index (κ3) is 3.26. The molecule has 0 spiro atoms. The van der Waals surface area contributed by atoms with Crippen molar-refractivity contribution in [3.05, 3.63) is 60.3 Å². The molecule has 0 fully saturated rings. The fraction of sp³-hybridized carbons (Fsp3) is 0.0588. The number of halogens is 2. The highest BCUT2D eigenvalue weighted by Crippen LogP contribution is 2.30. The van der Waals surface area contributed by atoms with Crippen LogP contribution in [0.25, 0.3) is 22.8 Å². The van der Waals surface area contributed by atoms with E-state index in [1.807, 2.05) is 30.3 Å². The summed E-state index contributed by atoms with van der Waals surface area (Å²) in [5.41, 5.74) is 1.32. The van der Waals surface area contributed by atoms with E-state index >= 15 is 0 Å². The van der Waals surface area contributed by atoms with Crippen LogP contribution in [-0.4, -0.2) is 17.9 Å². The van der Waals surface area contributed by atoms with Crippen molar-refractivity contribution in [1.29, 1.82) is 0 Å². The molecular formula is C17H11F2NO3. The predicted octanol–water partition coefficient (Wildman–Crippen LogP) is 4.42. The lowest BCUT2D eigenvalue weighted by atomic mass is 10.1. The Morgan fingerprint density at radius 2 is 1.87 bits per heavy atom. The maximum atomic E-state index is 12.4. The van der Waals surface area contributed by atoms with Crippen LogP contribution in [0.1, 0.15) is 10.4 Å². The van der Waals surface area contributed by atoms with Crippen LogP contribution in [0.15, 0.2) is 59.1 Å². The summed E-state index contributed by atoms with van der Waals surface area (Å²) in [4.78, 5) is 15.0. The summed E-state index contributed by atoms with van der Waals surface area (Å²) >= 11 is 0. The summed E-state index contributed by atoms with van der Waals surface area (Å²) in [5.74, 6) is 0.587. The van der Waals surface area contributed by atoms with Gasteiger partial charge in [-0.1, -0.05) is 30.3 Å². The second kappa shape index (κ2) is 6.39. The Balaban J connectivity index is 1.96. The van der Waals surface area contributed by atoms with Crippen LogP contribution < -0.4 is 4.74 Å². The van der Waals surface area contributed by atoms with Gasteiger partial charge in [-0.3, -0.25) is 4.79 Å². The molecule has 2 aromatic carbocycles. The summed E-state index contributed by atoms with van der Waals surface area (Å²) in [6, 6.07) is 13.6. The second-order valence-electron chi connectivity index (χ2n) is 4.64. The Kier molecular flexibility index (Phi) is 4.14. The van der Waals surface area contributed by atoms with Crippen molar-refractivity contribution in [1.82, 2.24) is 4.98 Å². The molecular weight excluding hydrogens is 304 g/mol. The van der Waals surface area contributed by atoms with Crippen molar-refractivity contribution in [3.63, 3.8) is 0 Å². The Morgan fingerprint density at radius 1 is 1.09 bits per heavy atom. The largest absolute Gasteiger partial charge is 0.436 e. The molecule has 4 nitrogen and oxygen atoms in total. The average Bonchev–Trinajstić information content (AvgIpc) is 3.05. The van der Waals surface area contributed by atoms with Crippen LogP contribution in [-0.2, 0) is 0 Å². The molecule has 1 aromatic heterocycles. The molecule has 0 unspecified atom stereocenters. The van der Waals surface area contributed by atoms with Gasteiger partial charge >= 0.3 is 6.61 Å². The van der Waals surface area contributed by atoms with Gasteiger partial charge in [0, 0.05) is 11.1 Å². The van der Waals surface area contributed by atoms with Crippen LogP contribution in [0.4, 0.5) is 8.78 Å². The molecule has 0 radical (unpaired) electrons. The molecule has 0 aliphatic rings. The van der Waals surface area contributed by atoms with E-state index < -0.39 is 6.61 Å². The number of alkyl halides is 2. The highest BCUT2D eigenvalue weighted by atomic mass is 19.3. The lowest BCUT2D eigenvalue weighted by molar-refractivity contribution is -0.0500. The van der Waals surface area contributed by atoms with Gasteiger partial charge in [-0.05, 0) is 18.2 Å². The molecule has 0 amide bonds. The van der Waals surface area contributed by atoms with Gasteiger partial charge in [0.2, 0.25) is 5.89 Å². The number of hydrogen-bond donors (Lipinski definition) is 0. The van der Waals surface area contributed by atoms with Gasteiger partial charge in [0.05, 0.1) is 11.8 Å². The number of benzene rings is 2. The molecule has 0 atom stereocenters. The summed E-state index contributed by atoms with van der Waals surface area (Å²) in [5, 5.41) is 0. The fourth-order valence-electron chi connectivity index (χ4n) is 2.11. The third-order valence-electron chi connectivity index (χ3n) is 3.17. The number of hydrogen-bond acceptors (Lipinski definition) is 4. The number of carbonyl (C=O) groups is 1. The zero-order valence-electron chi connectivity index (χ0n) is 11.8. The molecule has 0 saturated heterocycles. The number of rotatable bonds is 5. The molecule has 0 saturated carbocycles. The van der Waals surface area contributed by atoms with Crippen LogP contribution in [0.3, 0.4) is 0 Å². The van der Waals surface area contributed by atoms with E-state index in [0.717, 1.165) is 5.56 Å². The van der Waals surface area contributed by atoms with Gasteiger partial charge in [0.25, 0.3) is 0 Å². The van der Waals surface area contributed by atoms with Crippen molar-refractivity contribution in [2.75, 3.05) is 0 Å². The van der Waals surface area contributed by atoms with Crippen LogP contribution >= 0.6 is 0 Å². The number of aromatic nitrogens is 1. The predicted molar refractivity (Wildman–Crippen MR) is 79.4 cm³/mol. The van der Waals surface area contributed by atoms with Gasteiger partial charge in [-0.15, -0.1) is 0 Å². The van der Waals surface area contributed by atoms with E-state index in [9.17, 15) is 13.6 Å². The molecule has 116 valence electrons. The number of nitrogens with zero attached hydrogens (tertiary/aromatic N) is 1. The maximum Gasteiger partial charge on any atom is 0.387 e. The minimum Gasteiger partial charge on any atom is -0.436 e. The summed E-state index contributed by atoms with van der Waals surface area (Å²) < 4.78 is 34.8. The van der Waals surface area contributed by atoms with E-state index in [-0.39, 0.29) is 17.2 Å². The maximum absolute atomic E-state index is 12.4. The first kappa shape index (κ1) is 14.9. The van der Waals surface area contributed by atoms with Crippen molar-refractivity contribution in [3.8, 4) is 28.5 Å². The smallest absolute Gasteiger partial charge is 0.387 e. The van der Waals surface area contributed by atoms with E-state index in [2.05, 4.69) is 9.72 Å². The zero-order chi connectivity index (χ0) is 16.2. The lowest BCUT2D eigenvalue weighted by Crippen LogP contribution is -2.04. The molecule has 0 bridgehead atoms. The normalized spacial score (nSPS) is 10.7. The van der Waals surface area contributed by atoms with E-state index in [0.29, 0.717) is 17.6 Å². The SMILES string of the molecule is O=Cc1ccc(-c2ncc(-c3ccccc3)o2)cc1OC(F)F. The van der Waals surface area contributed by atoms with Crippen molar-refractivity contribution in [2.24, 2.45) is 0 Å². The van der Waals surface area contributed by atoms with E-state index in [1.54, 1.807) is 12.3 Å². The topological polar surface area (TPSA) is 52.3 Å². The number of carbonyl (C=O) groups excluding carboxylic acids is 1. The van der Waals surface area contributed by atoms with Crippen molar-refractivity contribution >= 4 is 6.29 Å². The number of ether oxygens (including phenoxy) is 1. The Bertz CT molecular complexity index is 816. The first-order valence-electron chi connectivity index (χ1n) is 6.73. The lowest BCUT2D eigenvalue weighted by Gasteiger charge is -2.07. The number of oxazole rings is 1. The Labute approximate surface area is 130 Å². The third-order valence-corrected chi connectivity index (χ3v) is 3.17. The van der Waals surface area contributed by atoms with Crippen LogP contribution in [0.5, 0.6) is 5.75 Å². The standard InChI is InChI=1S/C17H11F2NO3/c18-17(19)23-14-8-12(6-7-13(14)10-21)16-20-9-15(22-16)11-4-2-1-3-5-11/h1-10,17H. The molecule has 1 heterocycles. The first-order chi connectivity index (χ1) is 11.2. The van der Waals surface area contributed by atoms with Gasteiger partial charge in [0.1, 0.15) is 5.75 Å². The highest BCUT2D eigenvalue weighted by molar-refractivity contribution is 5.81. The monoisotopic (exact) mass is 315 g/mol. The van der Waals surface area contributed by atoms with Crippen molar-refractivity contribution < 1.29 is 22.7 Å². The van der Waals surface area contributed by atoms with Crippen LogP contribution in [0, 0.1) is 0 Å². The quantitative estimate of drug-likeness (QED) is 0.654. The van der Waals surface area contributed by atoms with Gasteiger partial charge < -0.3 is 9.15 Å². The van der Waals surface area contributed by atoms with Crippen molar-refractivity contribution in [2.45, 2.75) is 6.61 Å². The van der Waals surface area contributed by atoms with Gasteiger partial charge in [0.15, 0.2) is 12.0 Å². The molecule has 3 rings (SSSR count). The molecule has 3 aromatic rings. The summed E-state index contributed by atoms with van der Waals surface area (Å²) in [6.45, 7) is -3.02. The van der Waals surface area contributed by atoms with E-state index in [4.69, 9.17) is 4.42 Å². The van der Waals surface area contributed by atoms with Gasteiger partial charge in [-0.2, -0.15) is 8.78 Å². The molecule has 0 aliphatic carbocycles.